The van der Waals surface area contributed by atoms with Crippen molar-refractivity contribution in [3.05, 3.63) is 0 Å². The normalized spacial score (nSPS) is 28.9. The monoisotopic (exact) mass is 258 g/mol. The first-order valence-electron chi connectivity index (χ1n) is 6.96. The van der Waals surface area contributed by atoms with Crippen LogP contribution in [0.15, 0.2) is 0 Å². The molecule has 1 heterocycles. The van der Waals surface area contributed by atoms with Crippen LogP contribution in [-0.2, 0) is 0 Å². The molecule has 3 heteroatoms. The zero-order valence-electron chi connectivity index (χ0n) is 12.3. The number of hydrogen-bond donors (Lipinski definition) is 1. The molecule has 102 valence electrons. The molecule has 0 saturated carbocycles. The first-order valence-corrected chi connectivity index (χ1v) is 8.11. The maximum absolute atomic E-state index is 6.23. The molecule has 1 atom stereocenters. The van der Waals surface area contributed by atoms with Crippen LogP contribution in [0.5, 0.6) is 0 Å². The van der Waals surface area contributed by atoms with Crippen LogP contribution in [0.2, 0.25) is 0 Å². The van der Waals surface area contributed by atoms with Gasteiger partial charge in [-0.1, -0.05) is 20.8 Å². The lowest BCUT2D eigenvalue weighted by molar-refractivity contribution is -0.0193. The van der Waals surface area contributed by atoms with Crippen LogP contribution < -0.4 is 5.73 Å². The number of nitrogens with two attached hydrogens (primary N) is 1. The largest absolute Gasteiger partial charge is 0.329 e. The van der Waals surface area contributed by atoms with Gasteiger partial charge in [0.1, 0.15) is 0 Å². The molecule has 1 aliphatic heterocycles. The minimum Gasteiger partial charge on any atom is -0.329 e. The van der Waals surface area contributed by atoms with Gasteiger partial charge in [0.2, 0.25) is 0 Å². The summed E-state index contributed by atoms with van der Waals surface area (Å²) in [6.45, 7) is 13.6. The van der Waals surface area contributed by atoms with E-state index in [0.29, 0.717) is 11.5 Å². The molecule has 2 N–H and O–H groups in total. The van der Waals surface area contributed by atoms with Gasteiger partial charge in [-0.2, -0.15) is 11.8 Å². The lowest BCUT2D eigenvalue weighted by Gasteiger charge is -2.57. The second-order valence-corrected chi connectivity index (χ2v) is 7.31. The quantitative estimate of drug-likeness (QED) is 0.822. The van der Waals surface area contributed by atoms with E-state index in [2.05, 4.69) is 51.3 Å². The fourth-order valence-electron chi connectivity index (χ4n) is 3.13. The third-order valence-electron chi connectivity index (χ3n) is 4.45. The second-order valence-electron chi connectivity index (χ2n) is 6.21. The van der Waals surface area contributed by atoms with Crippen molar-refractivity contribution in [2.75, 3.05) is 24.6 Å². The zero-order valence-corrected chi connectivity index (χ0v) is 13.1. The Bertz CT molecular complexity index is 240. The van der Waals surface area contributed by atoms with Gasteiger partial charge in [0.25, 0.3) is 0 Å². The van der Waals surface area contributed by atoms with Gasteiger partial charge in [0.15, 0.2) is 0 Å². The van der Waals surface area contributed by atoms with Gasteiger partial charge in [0.05, 0.1) is 0 Å². The summed E-state index contributed by atoms with van der Waals surface area (Å²) < 4.78 is 0. The van der Waals surface area contributed by atoms with Gasteiger partial charge >= 0.3 is 0 Å². The molecule has 0 aliphatic carbocycles. The molecule has 1 saturated heterocycles. The SMILES string of the molecule is CCCN(C(C)C)C1(CN)CSCCC1(C)C. The maximum atomic E-state index is 6.23. The Morgan fingerprint density at radius 2 is 2.00 bits per heavy atom. The highest BCUT2D eigenvalue weighted by Crippen LogP contribution is 2.46. The first kappa shape index (κ1) is 15.3. The van der Waals surface area contributed by atoms with Gasteiger partial charge in [-0.05, 0) is 44.4 Å². The van der Waals surface area contributed by atoms with Crippen LogP contribution in [0.3, 0.4) is 0 Å². The van der Waals surface area contributed by atoms with E-state index in [-0.39, 0.29) is 5.54 Å². The average molecular weight is 258 g/mol. The van der Waals surface area contributed by atoms with E-state index in [1.54, 1.807) is 0 Å². The minimum atomic E-state index is 0.181. The van der Waals surface area contributed by atoms with Crippen molar-refractivity contribution >= 4 is 11.8 Å². The molecule has 2 nitrogen and oxygen atoms in total. The van der Waals surface area contributed by atoms with E-state index >= 15 is 0 Å². The molecular weight excluding hydrogens is 228 g/mol. The van der Waals surface area contributed by atoms with E-state index in [4.69, 9.17) is 5.73 Å². The smallest absolute Gasteiger partial charge is 0.0475 e. The minimum absolute atomic E-state index is 0.181. The summed E-state index contributed by atoms with van der Waals surface area (Å²) in [6.07, 6.45) is 2.49. The summed E-state index contributed by atoms with van der Waals surface area (Å²) in [5.41, 5.74) is 6.73. The maximum Gasteiger partial charge on any atom is 0.0475 e. The molecule has 1 rings (SSSR count). The molecule has 1 unspecified atom stereocenters. The lowest BCUT2D eigenvalue weighted by atomic mass is 9.69. The van der Waals surface area contributed by atoms with Crippen molar-refractivity contribution in [3.8, 4) is 0 Å². The zero-order chi connectivity index (χ0) is 13.1. The second kappa shape index (κ2) is 5.94. The van der Waals surface area contributed by atoms with E-state index in [1.165, 1.54) is 30.9 Å². The van der Waals surface area contributed by atoms with E-state index in [0.717, 1.165) is 6.54 Å². The van der Waals surface area contributed by atoms with Crippen molar-refractivity contribution in [2.24, 2.45) is 11.1 Å². The van der Waals surface area contributed by atoms with Crippen LogP contribution in [0, 0.1) is 5.41 Å². The van der Waals surface area contributed by atoms with E-state index in [9.17, 15) is 0 Å². The van der Waals surface area contributed by atoms with Gasteiger partial charge in [0, 0.05) is 23.9 Å². The summed E-state index contributed by atoms with van der Waals surface area (Å²) in [6, 6.07) is 0.580. The fraction of sp³-hybridized carbons (Fsp3) is 1.00. The van der Waals surface area contributed by atoms with Crippen LogP contribution in [0.4, 0.5) is 0 Å². The lowest BCUT2D eigenvalue weighted by Crippen LogP contribution is -2.67. The van der Waals surface area contributed by atoms with Crippen molar-refractivity contribution in [2.45, 2.75) is 59.0 Å². The molecule has 0 bridgehead atoms. The molecule has 0 aromatic rings. The Morgan fingerprint density at radius 1 is 1.35 bits per heavy atom. The number of hydrogen-bond acceptors (Lipinski definition) is 3. The summed E-state index contributed by atoms with van der Waals surface area (Å²) in [7, 11) is 0. The van der Waals surface area contributed by atoms with Gasteiger partial charge < -0.3 is 5.73 Å². The Hall–Kier alpha value is 0.270. The van der Waals surface area contributed by atoms with E-state index in [1.807, 2.05) is 0 Å². The summed E-state index contributed by atoms with van der Waals surface area (Å²) >= 11 is 2.08. The van der Waals surface area contributed by atoms with Crippen LogP contribution >= 0.6 is 11.8 Å². The third kappa shape index (κ3) is 2.82. The fourth-order valence-corrected chi connectivity index (χ4v) is 4.94. The van der Waals surface area contributed by atoms with Crippen LogP contribution in [-0.4, -0.2) is 41.1 Å². The van der Waals surface area contributed by atoms with Crippen molar-refractivity contribution in [1.29, 1.82) is 0 Å². The molecule has 17 heavy (non-hydrogen) atoms. The van der Waals surface area contributed by atoms with Crippen LogP contribution in [0.1, 0.15) is 47.5 Å². The highest BCUT2D eigenvalue weighted by molar-refractivity contribution is 7.99. The molecule has 0 radical (unpaired) electrons. The van der Waals surface area contributed by atoms with Gasteiger partial charge in [-0.3, -0.25) is 4.90 Å². The number of rotatable bonds is 5. The Morgan fingerprint density at radius 3 is 2.41 bits per heavy atom. The standard InChI is InChI=1S/C14H30N2S/c1-6-8-16(12(2)3)14(10-15)11-17-9-7-13(14,4)5/h12H,6-11,15H2,1-5H3. The Labute approximate surface area is 112 Å². The summed E-state index contributed by atoms with van der Waals surface area (Å²) in [5, 5.41) is 0. The molecule has 1 aliphatic rings. The third-order valence-corrected chi connectivity index (χ3v) is 5.62. The predicted molar refractivity (Wildman–Crippen MR) is 79.6 cm³/mol. The number of thioether (sulfide) groups is 1. The molecular formula is C14H30N2S. The van der Waals surface area contributed by atoms with Crippen molar-refractivity contribution in [1.82, 2.24) is 4.90 Å². The summed E-state index contributed by atoms with van der Waals surface area (Å²) in [5.74, 6) is 2.47. The van der Waals surface area contributed by atoms with Crippen LogP contribution in [0.25, 0.3) is 0 Å². The molecule has 0 spiro atoms. The first-order chi connectivity index (χ1) is 7.91. The predicted octanol–water partition coefficient (Wildman–Crippen LogP) is 2.97. The summed E-state index contributed by atoms with van der Waals surface area (Å²) in [4.78, 5) is 2.67. The van der Waals surface area contributed by atoms with Gasteiger partial charge in [-0.25, -0.2) is 0 Å². The Balaban J connectivity index is 3.05. The van der Waals surface area contributed by atoms with Gasteiger partial charge in [-0.15, -0.1) is 0 Å². The average Bonchev–Trinajstić information content (AvgIpc) is 2.26. The van der Waals surface area contributed by atoms with Crippen molar-refractivity contribution < 1.29 is 0 Å². The highest BCUT2D eigenvalue weighted by Gasteiger charge is 2.50. The topological polar surface area (TPSA) is 29.3 Å². The molecule has 0 aromatic carbocycles. The molecule has 0 amide bonds. The molecule has 0 aromatic heterocycles. The van der Waals surface area contributed by atoms with Crippen molar-refractivity contribution in [3.63, 3.8) is 0 Å². The highest BCUT2D eigenvalue weighted by atomic mass is 32.2. The molecule has 1 fully saturated rings. The van der Waals surface area contributed by atoms with E-state index < -0.39 is 0 Å². The number of nitrogens with zero attached hydrogens (tertiary/aromatic N) is 1. The Kier molecular flexibility index (Phi) is 5.36.